The van der Waals surface area contributed by atoms with Crippen molar-refractivity contribution in [2.24, 2.45) is 0 Å². The van der Waals surface area contributed by atoms with Gasteiger partial charge in [-0.15, -0.1) is 0 Å². The van der Waals surface area contributed by atoms with Gasteiger partial charge in [-0.2, -0.15) is 0 Å². The van der Waals surface area contributed by atoms with Crippen LogP contribution in [0.2, 0.25) is 0 Å². The van der Waals surface area contributed by atoms with Gasteiger partial charge < -0.3 is 9.64 Å². The molecule has 2 heteroatoms. The van der Waals surface area contributed by atoms with E-state index in [9.17, 15) is 0 Å². The van der Waals surface area contributed by atoms with E-state index in [2.05, 4.69) is 110 Å². The van der Waals surface area contributed by atoms with Gasteiger partial charge >= 0.3 is 0 Å². The quantitative estimate of drug-likeness (QED) is 0.206. The minimum absolute atomic E-state index is 0.791. The molecular weight excluding hydrogens is 390 g/mol. The molecular formula is C30H37NO. The second-order valence-electron chi connectivity index (χ2n) is 8.15. The van der Waals surface area contributed by atoms with Crippen LogP contribution in [-0.4, -0.2) is 31.1 Å². The lowest BCUT2D eigenvalue weighted by Gasteiger charge is -2.17. The summed E-state index contributed by atoms with van der Waals surface area (Å²) < 4.78 is 5.97. The zero-order valence-electron chi connectivity index (χ0n) is 19.7. The number of benzene rings is 3. The molecule has 0 atom stereocenters. The summed E-state index contributed by atoms with van der Waals surface area (Å²) in [5.74, 6) is 0.950. The highest BCUT2D eigenvalue weighted by atomic mass is 16.5. The van der Waals surface area contributed by atoms with Gasteiger partial charge in [0.1, 0.15) is 5.75 Å². The minimum Gasteiger partial charge on any atom is -0.494 e. The summed E-state index contributed by atoms with van der Waals surface area (Å²) >= 11 is 0. The van der Waals surface area contributed by atoms with E-state index in [1.165, 1.54) is 48.1 Å². The van der Waals surface area contributed by atoms with Crippen LogP contribution < -0.4 is 4.74 Å². The SMILES string of the molecule is CCN(CC)CCCCCCOc1ccc(C=C(c2ccccc2)c2ccccc2)cc1. The fourth-order valence-electron chi connectivity index (χ4n) is 3.92. The van der Waals surface area contributed by atoms with Crippen molar-refractivity contribution in [3.63, 3.8) is 0 Å². The Labute approximate surface area is 194 Å². The van der Waals surface area contributed by atoms with Gasteiger partial charge in [0.2, 0.25) is 0 Å². The van der Waals surface area contributed by atoms with Gasteiger partial charge in [0.25, 0.3) is 0 Å². The molecule has 168 valence electrons. The standard InChI is InChI=1S/C30H37NO/c1-3-31(4-2)23-13-5-6-14-24-32-29-21-19-26(20-22-29)25-30(27-15-9-7-10-16-27)28-17-11-8-12-18-28/h7-12,15-22,25H,3-6,13-14,23-24H2,1-2H3. The van der Waals surface area contributed by atoms with Crippen LogP contribution in [0.3, 0.4) is 0 Å². The molecule has 0 aliphatic heterocycles. The van der Waals surface area contributed by atoms with E-state index in [4.69, 9.17) is 4.74 Å². The van der Waals surface area contributed by atoms with Gasteiger partial charge in [-0.25, -0.2) is 0 Å². The van der Waals surface area contributed by atoms with Gasteiger partial charge in [-0.1, -0.05) is 99.5 Å². The van der Waals surface area contributed by atoms with Crippen molar-refractivity contribution in [2.75, 3.05) is 26.2 Å². The molecule has 0 amide bonds. The molecule has 0 N–H and O–H groups in total. The summed E-state index contributed by atoms with van der Waals surface area (Å²) in [6.07, 6.45) is 7.18. The molecule has 3 aromatic rings. The van der Waals surface area contributed by atoms with E-state index in [1.807, 2.05) is 0 Å². The summed E-state index contributed by atoms with van der Waals surface area (Å²) in [6, 6.07) is 29.6. The second-order valence-corrected chi connectivity index (χ2v) is 8.15. The van der Waals surface area contributed by atoms with Gasteiger partial charge in [0.05, 0.1) is 6.61 Å². The van der Waals surface area contributed by atoms with Gasteiger partial charge in [-0.05, 0) is 72.9 Å². The Hall–Kier alpha value is -2.84. The van der Waals surface area contributed by atoms with Crippen LogP contribution in [0.15, 0.2) is 84.9 Å². The van der Waals surface area contributed by atoms with Crippen molar-refractivity contribution in [1.82, 2.24) is 4.90 Å². The van der Waals surface area contributed by atoms with Crippen molar-refractivity contribution >= 4 is 11.6 Å². The summed E-state index contributed by atoms with van der Waals surface area (Å²) in [5.41, 5.74) is 4.85. The third-order valence-corrected chi connectivity index (χ3v) is 5.89. The van der Waals surface area contributed by atoms with E-state index in [0.29, 0.717) is 0 Å². The third kappa shape index (κ3) is 7.69. The molecule has 0 heterocycles. The van der Waals surface area contributed by atoms with E-state index in [-0.39, 0.29) is 0 Å². The predicted molar refractivity (Wildman–Crippen MR) is 138 cm³/mol. The Morgan fingerprint density at radius 2 is 1.25 bits per heavy atom. The van der Waals surface area contributed by atoms with Crippen molar-refractivity contribution in [3.05, 3.63) is 102 Å². The molecule has 32 heavy (non-hydrogen) atoms. The number of ether oxygens (including phenoxy) is 1. The molecule has 0 aromatic heterocycles. The first-order chi connectivity index (χ1) is 15.8. The summed E-state index contributed by atoms with van der Waals surface area (Å²) in [7, 11) is 0. The smallest absolute Gasteiger partial charge is 0.119 e. The average molecular weight is 428 g/mol. The van der Waals surface area contributed by atoms with Crippen molar-refractivity contribution in [1.29, 1.82) is 0 Å². The van der Waals surface area contributed by atoms with E-state index in [0.717, 1.165) is 31.9 Å². The Morgan fingerprint density at radius 3 is 1.81 bits per heavy atom. The molecule has 0 saturated carbocycles. The first kappa shape index (κ1) is 23.8. The third-order valence-electron chi connectivity index (χ3n) is 5.89. The van der Waals surface area contributed by atoms with Crippen LogP contribution in [0.4, 0.5) is 0 Å². The molecule has 3 aromatic carbocycles. The van der Waals surface area contributed by atoms with Crippen molar-refractivity contribution < 1.29 is 4.74 Å². The second kappa shape index (κ2) is 13.5. The molecule has 3 rings (SSSR count). The van der Waals surface area contributed by atoms with Crippen LogP contribution in [0, 0.1) is 0 Å². The van der Waals surface area contributed by atoms with Crippen LogP contribution in [-0.2, 0) is 0 Å². The highest BCUT2D eigenvalue weighted by Crippen LogP contribution is 2.26. The summed E-state index contributed by atoms with van der Waals surface area (Å²) in [4.78, 5) is 2.49. The first-order valence-electron chi connectivity index (χ1n) is 12.1. The van der Waals surface area contributed by atoms with Gasteiger partial charge in [0.15, 0.2) is 0 Å². The van der Waals surface area contributed by atoms with Crippen molar-refractivity contribution in [3.8, 4) is 5.75 Å². The highest BCUT2D eigenvalue weighted by Gasteiger charge is 2.05. The van der Waals surface area contributed by atoms with Crippen LogP contribution >= 0.6 is 0 Å². The number of hydrogen-bond acceptors (Lipinski definition) is 2. The normalized spacial score (nSPS) is 10.8. The molecule has 0 aliphatic carbocycles. The number of hydrogen-bond donors (Lipinski definition) is 0. The molecule has 0 spiro atoms. The zero-order chi connectivity index (χ0) is 22.4. The fourth-order valence-corrected chi connectivity index (χ4v) is 3.92. The lowest BCUT2D eigenvalue weighted by molar-refractivity contribution is 0.284. The molecule has 0 bridgehead atoms. The molecule has 0 saturated heterocycles. The van der Waals surface area contributed by atoms with Crippen LogP contribution in [0.25, 0.3) is 11.6 Å². The maximum Gasteiger partial charge on any atom is 0.119 e. The largest absolute Gasteiger partial charge is 0.494 e. The number of rotatable bonds is 13. The van der Waals surface area contributed by atoms with Crippen molar-refractivity contribution in [2.45, 2.75) is 39.5 Å². The molecule has 2 nitrogen and oxygen atoms in total. The zero-order valence-corrected chi connectivity index (χ0v) is 19.7. The summed E-state index contributed by atoms with van der Waals surface area (Å²) in [5, 5.41) is 0. The Balaban J connectivity index is 1.52. The molecule has 0 unspecified atom stereocenters. The van der Waals surface area contributed by atoms with E-state index in [1.54, 1.807) is 0 Å². The van der Waals surface area contributed by atoms with Gasteiger partial charge in [0, 0.05) is 0 Å². The Morgan fingerprint density at radius 1 is 0.688 bits per heavy atom. The van der Waals surface area contributed by atoms with Crippen LogP contribution in [0.5, 0.6) is 5.75 Å². The number of nitrogens with zero attached hydrogens (tertiary/aromatic N) is 1. The number of unbranched alkanes of at least 4 members (excludes halogenated alkanes) is 3. The Bertz CT molecular complexity index is 871. The first-order valence-corrected chi connectivity index (χ1v) is 12.1. The Kier molecular flexibility index (Phi) is 10.1. The van der Waals surface area contributed by atoms with E-state index < -0.39 is 0 Å². The molecule has 0 fully saturated rings. The lowest BCUT2D eigenvalue weighted by atomic mass is 9.96. The predicted octanol–water partition coefficient (Wildman–Crippen LogP) is 7.56. The lowest BCUT2D eigenvalue weighted by Crippen LogP contribution is -2.23. The highest BCUT2D eigenvalue weighted by molar-refractivity contribution is 5.91. The monoisotopic (exact) mass is 427 g/mol. The van der Waals surface area contributed by atoms with Gasteiger partial charge in [-0.3, -0.25) is 0 Å². The maximum atomic E-state index is 5.97. The van der Waals surface area contributed by atoms with E-state index >= 15 is 0 Å². The summed E-state index contributed by atoms with van der Waals surface area (Å²) in [6.45, 7) is 8.80. The molecule has 0 aliphatic rings. The average Bonchev–Trinajstić information content (AvgIpc) is 2.86. The maximum absolute atomic E-state index is 5.97. The topological polar surface area (TPSA) is 12.5 Å². The molecule has 0 radical (unpaired) electrons. The fraction of sp³-hybridized carbons (Fsp3) is 0.333. The minimum atomic E-state index is 0.791. The van der Waals surface area contributed by atoms with Crippen LogP contribution in [0.1, 0.15) is 56.2 Å².